The zero-order valence-electron chi connectivity index (χ0n) is 8.99. The summed E-state index contributed by atoms with van der Waals surface area (Å²) in [6, 6.07) is 10.2. The molecule has 0 atom stereocenters. The van der Waals surface area contributed by atoms with Crippen LogP contribution in [0, 0.1) is 0 Å². The number of ether oxygens (including phenoxy) is 1. The van der Waals surface area contributed by atoms with Crippen LogP contribution < -0.4 is 0 Å². The van der Waals surface area contributed by atoms with Crippen molar-refractivity contribution in [3.05, 3.63) is 41.3 Å². The molecule has 0 heterocycles. The summed E-state index contributed by atoms with van der Waals surface area (Å²) in [6.07, 6.45) is 4.36. The van der Waals surface area contributed by atoms with Crippen molar-refractivity contribution in [1.29, 1.82) is 0 Å². The van der Waals surface area contributed by atoms with E-state index in [2.05, 4.69) is 30.1 Å². The molecule has 0 saturated carbocycles. The van der Waals surface area contributed by atoms with Gasteiger partial charge in [-0.25, -0.2) is 0 Å². The molecule has 0 aliphatic rings. The predicted molar refractivity (Wildman–Crippen MR) is 65.3 cm³/mol. The van der Waals surface area contributed by atoms with Gasteiger partial charge in [0.2, 0.25) is 0 Å². The van der Waals surface area contributed by atoms with Crippen LogP contribution in [0.5, 0.6) is 0 Å². The van der Waals surface area contributed by atoms with Crippen molar-refractivity contribution in [1.82, 2.24) is 0 Å². The second kappa shape index (κ2) is 5.76. The Bertz CT molecular complexity index is 290. The van der Waals surface area contributed by atoms with Crippen molar-refractivity contribution in [2.45, 2.75) is 6.92 Å². The highest BCUT2D eigenvalue weighted by Crippen LogP contribution is 2.16. The molecule has 0 aliphatic heterocycles. The van der Waals surface area contributed by atoms with Crippen LogP contribution in [0.2, 0.25) is 0 Å². The summed E-state index contributed by atoms with van der Waals surface area (Å²) in [5, 5.41) is 2.18. The van der Waals surface area contributed by atoms with Gasteiger partial charge in [0.1, 0.15) is 12.5 Å². The van der Waals surface area contributed by atoms with Crippen LogP contribution in [0.15, 0.2) is 35.7 Å². The maximum absolute atomic E-state index is 5.61. The fraction of sp³-hybridized carbons (Fsp3) is 0.333. The Morgan fingerprint density at radius 1 is 1.29 bits per heavy atom. The number of hydrogen-bond donors (Lipinski definition) is 0. The van der Waals surface area contributed by atoms with Crippen molar-refractivity contribution < 1.29 is 4.74 Å². The molecule has 0 fully saturated rings. The summed E-state index contributed by atoms with van der Waals surface area (Å²) in [6.45, 7) is 2.73. The highest BCUT2D eigenvalue weighted by atomic mass is 32.2. The topological polar surface area (TPSA) is 9.23 Å². The molecular weight excluding hydrogens is 192 g/mol. The van der Waals surface area contributed by atoms with Crippen molar-refractivity contribution in [2.24, 2.45) is 0 Å². The van der Waals surface area contributed by atoms with Crippen LogP contribution in [-0.4, -0.2) is 19.1 Å². The van der Waals surface area contributed by atoms with Crippen molar-refractivity contribution in [3.63, 3.8) is 0 Å². The second-order valence-corrected chi connectivity index (χ2v) is 5.16. The molecule has 1 nitrogen and oxygen atoms in total. The Labute approximate surface area is 89.1 Å². The van der Waals surface area contributed by atoms with Gasteiger partial charge in [0.15, 0.2) is 11.2 Å². The number of benzene rings is 1. The predicted octanol–water partition coefficient (Wildman–Crippen LogP) is 2.90. The van der Waals surface area contributed by atoms with E-state index in [4.69, 9.17) is 4.74 Å². The zero-order chi connectivity index (χ0) is 10.4. The highest BCUT2D eigenvalue weighted by Gasteiger charge is 2.07. The smallest absolute Gasteiger partial charge is 0.173 e. The summed E-state index contributed by atoms with van der Waals surface area (Å²) in [5.74, 6) is 1.00. The molecule has 0 amide bonds. The molecule has 1 rings (SSSR count). The molecular formula is C12H17OS+. The summed E-state index contributed by atoms with van der Waals surface area (Å²) in [5.41, 5.74) is 1.16. The van der Waals surface area contributed by atoms with Crippen LogP contribution in [0.3, 0.4) is 0 Å². The first kappa shape index (κ1) is 11.2. The third kappa shape index (κ3) is 3.46. The number of hydrogen-bond acceptors (Lipinski definition) is 1. The van der Waals surface area contributed by atoms with E-state index in [0.29, 0.717) is 0 Å². The number of rotatable bonds is 4. The molecule has 0 spiro atoms. The largest absolute Gasteiger partial charge is 0.489 e. The summed E-state index contributed by atoms with van der Waals surface area (Å²) >= 11 is 0. The van der Waals surface area contributed by atoms with Gasteiger partial charge in [-0.3, -0.25) is 0 Å². The standard InChI is InChI=1S/C12H17OS/c1-4-13-12(10-14(2)3)11-8-6-5-7-9-11/h5-10H,4H2,1-3H3/q+1/b12-10+. The zero-order valence-corrected chi connectivity index (χ0v) is 9.80. The summed E-state index contributed by atoms with van der Waals surface area (Å²) in [4.78, 5) is 0. The van der Waals surface area contributed by atoms with Crippen molar-refractivity contribution in [3.8, 4) is 0 Å². The van der Waals surface area contributed by atoms with Crippen molar-refractivity contribution in [2.75, 3.05) is 19.1 Å². The van der Waals surface area contributed by atoms with Crippen molar-refractivity contribution >= 4 is 16.7 Å². The molecule has 0 radical (unpaired) electrons. The lowest BCUT2D eigenvalue weighted by atomic mass is 10.2. The van der Waals surface area contributed by atoms with Gasteiger partial charge >= 0.3 is 0 Å². The lowest BCUT2D eigenvalue weighted by molar-refractivity contribution is 0.298. The Morgan fingerprint density at radius 2 is 1.93 bits per heavy atom. The molecule has 0 aromatic heterocycles. The van der Waals surface area contributed by atoms with Gasteiger partial charge in [0.25, 0.3) is 0 Å². The van der Waals surface area contributed by atoms with Crippen LogP contribution in [0.4, 0.5) is 0 Å². The highest BCUT2D eigenvalue weighted by molar-refractivity contribution is 7.98. The molecule has 76 valence electrons. The molecule has 0 bridgehead atoms. The van der Waals surface area contributed by atoms with Crippen LogP contribution in [0.25, 0.3) is 5.76 Å². The fourth-order valence-corrected chi connectivity index (χ4v) is 1.79. The second-order valence-electron chi connectivity index (χ2n) is 3.16. The van der Waals surface area contributed by atoms with Crippen LogP contribution >= 0.6 is 0 Å². The van der Waals surface area contributed by atoms with E-state index in [-0.39, 0.29) is 10.9 Å². The van der Waals surface area contributed by atoms with Crippen LogP contribution in [0.1, 0.15) is 12.5 Å². The van der Waals surface area contributed by atoms with Gasteiger partial charge in [-0.15, -0.1) is 0 Å². The molecule has 0 aliphatic carbocycles. The van der Waals surface area contributed by atoms with Gasteiger partial charge in [-0.1, -0.05) is 30.3 Å². The minimum atomic E-state index is 0.265. The third-order valence-corrected chi connectivity index (χ3v) is 2.39. The normalized spacial score (nSPS) is 11.9. The maximum atomic E-state index is 5.61. The van der Waals surface area contributed by atoms with Gasteiger partial charge in [0.05, 0.1) is 6.61 Å². The lowest BCUT2D eigenvalue weighted by Gasteiger charge is -2.06. The fourth-order valence-electron chi connectivity index (χ4n) is 1.16. The van der Waals surface area contributed by atoms with Gasteiger partial charge in [-0.05, 0) is 6.92 Å². The molecule has 2 heteroatoms. The van der Waals surface area contributed by atoms with Gasteiger partial charge < -0.3 is 4.74 Å². The van der Waals surface area contributed by atoms with Gasteiger partial charge in [0, 0.05) is 16.5 Å². The van der Waals surface area contributed by atoms with Gasteiger partial charge in [-0.2, -0.15) is 0 Å². The van der Waals surface area contributed by atoms with E-state index in [1.807, 2.05) is 25.1 Å². The molecule has 0 saturated heterocycles. The van der Waals surface area contributed by atoms with Crippen LogP contribution in [-0.2, 0) is 15.6 Å². The first-order chi connectivity index (χ1) is 6.74. The Hall–Kier alpha value is -0.890. The first-order valence-corrected chi connectivity index (χ1v) is 6.81. The third-order valence-electron chi connectivity index (χ3n) is 1.70. The van der Waals surface area contributed by atoms with E-state index < -0.39 is 0 Å². The minimum absolute atomic E-state index is 0.265. The molecule has 1 aromatic rings. The van der Waals surface area contributed by atoms with E-state index in [1.165, 1.54) is 0 Å². The quantitative estimate of drug-likeness (QED) is 0.547. The SMILES string of the molecule is CCO/C(=C/[S+](C)C)c1ccccc1. The Morgan fingerprint density at radius 3 is 2.43 bits per heavy atom. The first-order valence-electron chi connectivity index (χ1n) is 4.70. The monoisotopic (exact) mass is 209 g/mol. The minimum Gasteiger partial charge on any atom is -0.489 e. The summed E-state index contributed by atoms with van der Waals surface area (Å²) in [7, 11) is 0.265. The Kier molecular flexibility index (Phi) is 4.60. The Balaban J connectivity index is 2.89. The maximum Gasteiger partial charge on any atom is 0.173 e. The molecule has 14 heavy (non-hydrogen) atoms. The molecule has 0 N–H and O–H groups in total. The van der Waals surface area contributed by atoms with E-state index in [1.54, 1.807) is 0 Å². The molecule has 1 aromatic carbocycles. The summed E-state index contributed by atoms with van der Waals surface area (Å²) < 4.78 is 5.61. The van der Waals surface area contributed by atoms with E-state index in [9.17, 15) is 0 Å². The lowest BCUT2D eigenvalue weighted by Crippen LogP contribution is -1.96. The average molecular weight is 209 g/mol. The van der Waals surface area contributed by atoms with E-state index in [0.717, 1.165) is 17.9 Å². The molecule has 0 unspecified atom stereocenters. The van der Waals surface area contributed by atoms with E-state index >= 15 is 0 Å². The average Bonchev–Trinajstić information content (AvgIpc) is 2.18.